The number of nitrogens with one attached hydrogen (secondary N) is 2. The van der Waals surface area contributed by atoms with Crippen molar-refractivity contribution in [3.05, 3.63) is 101 Å². The molecule has 3 aromatic rings. The minimum absolute atomic E-state index is 0.0573. The Kier molecular flexibility index (Phi) is 7.12. The summed E-state index contributed by atoms with van der Waals surface area (Å²) in [6, 6.07) is 21.7. The summed E-state index contributed by atoms with van der Waals surface area (Å²) in [4.78, 5) is 25.8. The lowest BCUT2D eigenvalue weighted by Gasteiger charge is -2.38. The zero-order chi connectivity index (χ0) is 26.9. The minimum atomic E-state index is -4.51. The number of rotatable bonds is 6. The molecule has 2 fully saturated rings. The zero-order valence-electron chi connectivity index (χ0n) is 20.5. The first-order valence-corrected chi connectivity index (χ1v) is 12.6. The van der Waals surface area contributed by atoms with E-state index in [2.05, 4.69) is 10.6 Å². The predicted molar refractivity (Wildman–Crippen MR) is 137 cm³/mol. The van der Waals surface area contributed by atoms with Gasteiger partial charge in [-0.15, -0.1) is 0 Å². The van der Waals surface area contributed by atoms with E-state index in [4.69, 9.17) is 0 Å². The average Bonchev–Trinajstić information content (AvgIpc) is 3.68. The van der Waals surface area contributed by atoms with Gasteiger partial charge in [0.15, 0.2) is 0 Å². The van der Waals surface area contributed by atoms with Crippen LogP contribution in [0.1, 0.15) is 58.3 Å². The molecule has 0 radical (unpaired) electrons. The maximum atomic E-state index is 12.9. The number of carboxylic acid groups (broad SMARTS) is 1. The van der Waals surface area contributed by atoms with E-state index in [1.165, 1.54) is 17.0 Å². The molecule has 1 heterocycles. The maximum absolute atomic E-state index is 12.9. The van der Waals surface area contributed by atoms with E-state index < -0.39 is 23.7 Å². The van der Waals surface area contributed by atoms with Crippen molar-refractivity contribution in [2.45, 2.75) is 49.5 Å². The lowest BCUT2D eigenvalue weighted by atomic mass is 9.92. The van der Waals surface area contributed by atoms with Gasteiger partial charge in [-0.2, -0.15) is 13.2 Å². The Bertz CT molecular complexity index is 1300. The fourth-order valence-corrected chi connectivity index (χ4v) is 5.24. The first-order chi connectivity index (χ1) is 18.2. The van der Waals surface area contributed by atoms with E-state index >= 15 is 0 Å². The Labute approximate surface area is 218 Å². The highest BCUT2D eigenvalue weighted by molar-refractivity contribution is 6.04. The van der Waals surface area contributed by atoms with Crippen molar-refractivity contribution in [1.82, 2.24) is 10.2 Å². The number of carbonyl (C=O) groups excluding carboxylic acids is 1. The van der Waals surface area contributed by atoms with E-state index in [1.807, 2.05) is 42.5 Å². The second-order valence-corrected chi connectivity index (χ2v) is 9.89. The van der Waals surface area contributed by atoms with Crippen LogP contribution in [-0.2, 0) is 6.18 Å². The molecule has 9 heteroatoms. The lowest BCUT2D eigenvalue weighted by molar-refractivity contribution is -0.137. The van der Waals surface area contributed by atoms with E-state index in [-0.39, 0.29) is 17.6 Å². The highest BCUT2D eigenvalue weighted by Crippen LogP contribution is 2.43. The number of hydrogen-bond acceptors (Lipinski definition) is 3. The molecule has 2 aliphatic rings. The summed E-state index contributed by atoms with van der Waals surface area (Å²) in [5.41, 5.74) is 1.70. The van der Waals surface area contributed by atoms with Crippen LogP contribution in [0, 0.1) is 0 Å². The van der Waals surface area contributed by atoms with Crippen molar-refractivity contribution >= 4 is 17.7 Å². The first-order valence-electron chi connectivity index (χ1n) is 12.6. The third-order valence-corrected chi connectivity index (χ3v) is 7.32. The molecule has 4 atom stereocenters. The van der Waals surface area contributed by atoms with Crippen molar-refractivity contribution < 1.29 is 27.9 Å². The fraction of sp³-hybridized carbons (Fsp3) is 0.310. The molecule has 1 aliphatic heterocycles. The van der Waals surface area contributed by atoms with Crippen LogP contribution >= 0.6 is 0 Å². The molecule has 0 spiro atoms. The van der Waals surface area contributed by atoms with Crippen molar-refractivity contribution in [1.29, 1.82) is 0 Å². The predicted octanol–water partition coefficient (Wildman–Crippen LogP) is 6.29. The van der Waals surface area contributed by atoms with Gasteiger partial charge < -0.3 is 20.6 Å². The van der Waals surface area contributed by atoms with Gasteiger partial charge >= 0.3 is 12.3 Å². The van der Waals surface area contributed by atoms with Gasteiger partial charge in [0.05, 0.1) is 11.6 Å². The Morgan fingerprint density at radius 2 is 1.63 bits per heavy atom. The molecule has 1 aliphatic carbocycles. The Balaban J connectivity index is 1.17. The highest BCUT2D eigenvalue weighted by atomic mass is 19.4. The minimum Gasteiger partial charge on any atom is -0.465 e. The molecule has 3 N–H and O–H groups in total. The quantitative estimate of drug-likeness (QED) is 0.355. The first kappa shape index (κ1) is 25.8. The normalized spacial score (nSPS) is 23.1. The number of carbonyl (C=O) groups is 2. The van der Waals surface area contributed by atoms with Crippen molar-refractivity contribution in [3.63, 3.8) is 0 Å². The SMILES string of the molecule is O=C(Nc1ccc(C2CC2NC2CCN(C(=O)O)C(c3ccccc3)C2)cc1)c1cccc(C(F)(F)F)c1. The molecule has 0 aromatic heterocycles. The standard InChI is InChI=1S/C29H28F3N3O3/c30-29(31,32)21-8-4-7-20(15-21)27(36)34-22-11-9-18(10-12-22)24-17-25(24)33-23-13-14-35(28(37)38)26(16-23)19-5-2-1-3-6-19/h1-12,15,23-26,33H,13-14,16-17H2,(H,34,36)(H,37,38). The Morgan fingerprint density at radius 1 is 0.895 bits per heavy atom. The Morgan fingerprint density at radius 3 is 2.32 bits per heavy atom. The van der Waals surface area contributed by atoms with Gasteiger partial charge in [-0.25, -0.2) is 4.79 Å². The molecule has 38 heavy (non-hydrogen) atoms. The van der Waals surface area contributed by atoms with Gasteiger partial charge in [-0.1, -0.05) is 48.5 Å². The van der Waals surface area contributed by atoms with Crippen LogP contribution in [-0.4, -0.2) is 40.6 Å². The van der Waals surface area contributed by atoms with Crippen LogP contribution in [0.3, 0.4) is 0 Å². The molecule has 198 valence electrons. The van der Waals surface area contributed by atoms with E-state index in [0.29, 0.717) is 30.6 Å². The molecule has 6 nitrogen and oxygen atoms in total. The number of alkyl halides is 3. The van der Waals surface area contributed by atoms with Gasteiger partial charge in [0.25, 0.3) is 5.91 Å². The number of likely N-dealkylation sites (tertiary alicyclic amines) is 1. The number of amides is 2. The molecule has 2 amide bonds. The second kappa shape index (κ2) is 10.5. The second-order valence-electron chi connectivity index (χ2n) is 9.89. The van der Waals surface area contributed by atoms with Gasteiger partial charge in [-0.3, -0.25) is 4.79 Å². The van der Waals surface area contributed by atoms with Crippen LogP contribution in [0.4, 0.5) is 23.7 Å². The summed E-state index contributed by atoms with van der Waals surface area (Å²) in [5.74, 6) is -0.286. The Hall–Kier alpha value is -3.85. The van der Waals surface area contributed by atoms with Crippen molar-refractivity contribution in [2.75, 3.05) is 11.9 Å². The summed E-state index contributed by atoms with van der Waals surface area (Å²) >= 11 is 0. The number of halogens is 3. The topological polar surface area (TPSA) is 81.7 Å². The monoisotopic (exact) mass is 523 g/mol. The summed E-state index contributed by atoms with van der Waals surface area (Å²) in [5, 5.41) is 16.0. The van der Waals surface area contributed by atoms with Crippen LogP contribution in [0.5, 0.6) is 0 Å². The van der Waals surface area contributed by atoms with E-state index in [0.717, 1.165) is 36.1 Å². The summed E-state index contributed by atoms with van der Waals surface area (Å²) in [7, 11) is 0. The van der Waals surface area contributed by atoms with E-state index in [1.54, 1.807) is 12.1 Å². The molecule has 1 saturated carbocycles. The van der Waals surface area contributed by atoms with Gasteiger partial charge in [0.2, 0.25) is 0 Å². The molecule has 1 saturated heterocycles. The van der Waals surface area contributed by atoms with Crippen LogP contribution in [0.25, 0.3) is 0 Å². The van der Waals surface area contributed by atoms with Crippen molar-refractivity contribution in [3.8, 4) is 0 Å². The van der Waals surface area contributed by atoms with Gasteiger partial charge in [0, 0.05) is 35.8 Å². The van der Waals surface area contributed by atoms with Crippen LogP contribution in [0.15, 0.2) is 78.9 Å². The number of anilines is 1. The van der Waals surface area contributed by atoms with E-state index in [9.17, 15) is 27.9 Å². The third kappa shape index (κ3) is 5.83. The van der Waals surface area contributed by atoms with Crippen molar-refractivity contribution in [2.24, 2.45) is 0 Å². The van der Waals surface area contributed by atoms with Crippen LogP contribution < -0.4 is 10.6 Å². The van der Waals surface area contributed by atoms with Crippen LogP contribution in [0.2, 0.25) is 0 Å². The number of benzene rings is 3. The zero-order valence-corrected chi connectivity index (χ0v) is 20.5. The third-order valence-electron chi connectivity index (χ3n) is 7.32. The summed E-state index contributed by atoms with van der Waals surface area (Å²) in [6.07, 6.45) is -2.99. The molecule has 4 unspecified atom stereocenters. The largest absolute Gasteiger partial charge is 0.465 e. The molecule has 3 aromatic carbocycles. The average molecular weight is 524 g/mol. The number of piperidine rings is 1. The number of nitrogens with zero attached hydrogens (tertiary/aromatic N) is 1. The maximum Gasteiger partial charge on any atom is 0.416 e. The van der Waals surface area contributed by atoms with Gasteiger partial charge in [-0.05, 0) is 60.7 Å². The summed E-state index contributed by atoms with van der Waals surface area (Å²) in [6.45, 7) is 0.476. The molecule has 0 bridgehead atoms. The fourth-order valence-electron chi connectivity index (χ4n) is 5.24. The number of hydrogen-bond donors (Lipinski definition) is 3. The molecular formula is C29H28F3N3O3. The molecular weight excluding hydrogens is 495 g/mol. The van der Waals surface area contributed by atoms with Gasteiger partial charge in [0.1, 0.15) is 0 Å². The highest BCUT2D eigenvalue weighted by Gasteiger charge is 2.41. The molecule has 5 rings (SSSR count). The lowest BCUT2D eigenvalue weighted by Crippen LogP contribution is -2.47. The smallest absolute Gasteiger partial charge is 0.416 e. The summed E-state index contributed by atoms with van der Waals surface area (Å²) < 4.78 is 38.8.